The van der Waals surface area contributed by atoms with Gasteiger partial charge >= 0.3 is 5.97 Å². The van der Waals surface area contributed by atoms with Crippen LogP contribution in [0.4, 0.5) is 0 Å². The summed E-state index contributed by atoms with van der Waals surface area (Å²) in [7, 11) is 0. The van der Waals surface area contributed by atoms with E-state index in [9.17, 15) is 9.90 Å². The van der Waals surface area contributed by atoms with Gasteiger partial charge in [0.15, 0.2) is 0 Å². The molecule has 0 saturated carbocycles. The van der Waals surface area contributed by atoms with Crippen molar-refractivity contribution >= 4 is 18.8 Å². The highest BCUT2D eigenvalue weighted by Gasteiger charge is 2.43. The lowest BCUT2D eigenvalue weighted by Crippen LogP contribution is -2.60. The number of carbonyl (C=O) groups is 1. The summed E-state index contributed by atoms with van der Waals surface area (Å²) in [6.45, 7) is 12.4. The van der Waals surface area contributed by atoms with Crippen LogP contribution in [0.25, 0.3) is 0 Å². The number of ether oxygens (including phenoxy) is 1. The summed E-state index contributed by atoms with van der Waals surface area (Å²) in [5, 5.41) is 13.2. The molecule has 0 aromatic heterocycles. The van der Waals surface area contributed by atoms with Crippen LogP contribution in [0.3, 0.4) is 0 Å². The van der Waals surface area contributed by atoms with E-state index >= 15 is 0 Å². The summed E-state index contributed by atoms with van der Waals surface area (Å²) in [4.78, 5) is 10.9. The minimum absolute atomic E-state index is 0.0178. The molecule has 0 aliphatic carbocycles. The number of thiol groups is 1. The monoisotopic (exact) mass is 316 g/mol. The SMILES string of the molecule is C=CC(=O)OCC(O)CNC1CC(C)(C)N(S)C(C)(C)C1. The van der Waals surface area contributed by atoms with E-state index < -0.39 is 12.1 Å². The Morgan fingerprint density at radius 3 is 2.48 bits per heavy atom. The molecule has 21 heavy (non-hydrogen) atoms. The molecule has 0 amide bonds. The molecule has 5 nitrogen and oxygen atoms in total. The van der Waals surface area contributed by atoms with Crippen molar-refractivity contribution in [2.75, 3.05) is 13.2 Å². The Kier molecular flexibility index (Phi) is 6.28. The van der Waals surface area contributed by atoms with E-state index in [2.05, 4.69) is 56.7 Å². The smallest absolute Gasteiger partial charge is 0.330 e. The molecule has 1 fully saturated rings. The van der Waals surface area contributed by atoms with Crippen LogP contribution in [0.1, 0.15) is 40.5 Å². The molecule has 1 heterocycles. The zero-order chi connectivity index (χ0) is 16.3. The van der Waals surface area contributed by atoms with Gasteiger partial charge in [-0.05, 0) is 40.5 Å². The molecular formula is C15H28N2O3S. The molecule has 1 aliphatic rings. The number of hydrogen-bond donors (Lipinski definition) is 3. The Balaban J connectivity index is 2.45. The van der Waals surface area contributed by atoms with Gasteiger partial charge < -0.3 is 15.2 Å². The molecule has 1 rings (SSSR count). The van der Waals surface area contributed by atoms with Gasteiger partial charge in [-0.1, -0.05) is 19.4 Å². The highest BCUT2D eigenvalue weighted by molar-refractivity contribution is 7.77. The fourth-order valence-corrected chi connectivity index (χ4v) is 3.18. The number of esters is 1. The first-order chi connectivity index (χ1) is 9.58. The Bertz CT molecular complexity index is 367. The lowest BCUT2D eigenvalue weighted by atomic mass is 9.79. The summed E-state index contributed by atoms with van der Waals surface area (Å²) in [6, 6.07) is 0.295. The second-order valence-corrected chi connectivity index (χ2v) is 7.34. The molecule has 0 radical (unpaired) electrons. The Morgan fingerprint density at radius 1 is 1.48 bits per heavy atom. The third kappa shape index (κ3) is 5.29. The lowest BCUT2D eigenvalue weighted by molar-refractivity contribution is -0.140. The minimum atomic E-state index is -0.714. The first-order valence-electron chi connectivity index (χ1n) is 7.28. The molecule has 1 saturated heterocycles. The van der Waals surface area contributed by atoms with Gasteiger partial charge in [-0.3, -0.25) is 0 Å². The summed E-state index contributed by atoms with van der Waals surface area (Å²) in [5.74, 6) is -0.514. The van der Waals surface area contributed by atoms with Crippen LogP contribution in [0.15, 0.2) is 12.7 Å². The topological polar surface area (TPSA) is 61.8 Å². The largest absolute Gasteiger partial charge is 0.460 e. The second-order valence-electron chi connectivity index (χ2n) is 6.94. The summed E-state index contributed by atoms with van der Waals surface area (Å²) < 4.78 is 6.94. The first kappa shape index (κ1) is 18.5. The normalized spacial score (nSPS) is 23.5. The number of carbonyl (C=O) groups excluding carboxylic acids is 1. The Labute approximate surface area is 133 Å². The van der Waals surface area contributed by atoms with Gasteiger partial charge in [0.25, 0.3) is 0 Å². The zero-order valence-corrected chi connectivity index (χ0v) is 14.3. The average molecular weight is 316 g/mol. The summed E-state index contributed by atoms with van der Waals surface area (Å²) in [6.07, 6.45) is 2.26. The van der Waals surface area contributed by atoms with Crippen LogP contribution in [0.5, 0.6) is 0 Å². The maximum Gasteiger partial charge on any atom is 0.330 e. The van der Waals surface area contributed by atoms with Gasteiger partial charge in [0.05, 0.1) is 0 Å². The van der Waals surface area contributed by atoms with Crippen molar-refractivity contribution in [3.05, 3.63) is 12.7 Å². The molecule has 1 unspecified atom stereocenters. The van der Waals surface area contributed by atoms with Gasteiger partial charge in [-0.2, -0.15) is 0 Å². The summed E-state index contributed by atoms with van der Waals surface area (Å²) >= 11 is 4.63. The number of aliphatic hydroxyl groups excluding tert-OH is 1. The van der Waals surface area contributed by atoms with E-state index in [1.165, 1.54) is 0 Å². The third-order valence-corrected chi connectivity index (χ3v) is 4.95. The van der Waals surface area contributed by atoms with Crippen molar-refractivity contribution in [3.63, 3.8) is 0 Å². The molecule has 1 atom stereocenters. The van der Waals surface area contributed by atoms with Gasteiger partial charge in [-0.15, -0.1) is 0 Å². The fourth-order valence-electron chi connectivity index (χ4n) is 3.01. The van der Waals surface area contributed by atoms with Gasteiger partial charge in [0.2, 0.25) is 0 Å². The zero-order valence-electron chi connectivity index (χ0n) is 13.4. The number of rotatable bonds is 6. The van der Waals surface area contributed by atoms with E-state index in [0.29, 0.717) is 12.6 Å². The molecule has 0 spiro atoms. The van der Waals surface area contributed by atoms with Gasteiger partial charge in [0.1, 0.15) is 12.7 Å². The van der Waals surface area contributed by atoms with Crippen LogP contribution < -0.4 is 5.32 Å². The fraction of sp³-hybridized carbons (Fsp3) is 0.800. The van der Waals surface area contributed by atoms with E-state index in [4.69, 9.17) is 4.74 Å². The number of nitrogens with one attached hydrogen (secondary N) is 1. The molecule has 1 aliphatic heterocycles. The highest BCUT2D eigenvalue weighted by Crippen LogP contribution is 2.39. The number of nitrogens with zero attached hydrogens (tertiary/aromatic N) is 1. The average Bonchev–Trinajstić information content (AvgIpc) is 2.39. The summed E-state index contributed by atoms with van der Waals surface area (Å²) in [5.41, 5.74) is -0.0500. The van der Waals surface area contributed by atoms with Crippen LogP contribution >= 0.6 is 12.8 Å². The predicted octanol–water partition coefficient (Wildman–Crippen LogP) is 1.53. The second kappa shape index (κ2) is 7.13. The van der Waals surface area contributed by atoms with Gasteiger partial charge in [0, 0.05) is 29.7 Å². The van der Waals surface area contributed by atoms with Crippen LogP contribution in [-0.4, -0.2) is 51.8 Å². The van der Waals surface area contributed by atoms with Crippen molar-refractivity contribution in [1.29, 1.82) is 0 Å². The standard InChI is InChI=1S/C15H28N2O3S/c1-6-13(19)20-10-12(18)9-16-11-7-14(2,3)17(21)15(4,5)8-11/h6,11-12,16,18,21H,1,7-10H2,2-5H3. The highest BCUT2D eigenvalue weighted by atomic mass is 32.1. The van der Waals surface area contributed by atoms with E-state index in [1.54, 1.807) is 0 Å². The van der Waals surface area contributed by atoms with Gasteiger partial charge in [-0.25, -0.2) is 9.10 Å². The quantitative estimate of drug-likeness (QED) is 0.394. The molecule has 0 aromatic rings. The van der Waals surface area contributed by atoms with E-state index in [-0.39, 0.29) is 17.7 Å². The van der Waals surface area contributed by atoms with Crippen LogP contribution in [-0.2, 0) is 9.53 Å². The minimum Gasteiger partial charge on any atom is -0.460 e. The molecular weight excluding hydrogens is 288 g/mol. The number of hydrogen-bond acceptors (Lipinski definition) is 6. The van der Waals surface area contributed by atoms with Crippen molar-refractivity contribution < 1.29 is 14.6 Å². The lowest BCUT2D eigenvalue weighted by Gasteiger charge is -2.52. The third-order valence-electron chi connectivity index (χ3n) is 3.87. The molecule has 0 aromatic carbocycles. The molecule has 2 N–H and O–H groups in total. The first-order valence-corrected chi connectivity index (χ1v) is 7.68. The molecule has 6 heteroatoms. The molecule has 122 valence electrons. The van der Waals surface area contributed by atoms with Crippen molar-refractivity contribution in [1.82, 2.24) is 9.62 Å². The molecule has 0 bridgehead atoms. The van der Waals surface area contributed by atoms with E-state index in [1.807, 2.05) is 0 Å². The van der Waals surface area contributed by atoms with Crippen molar-refractivity contribution in [3.8, 4) is 0 Å². The van der Waals surface area contributed by atoms with Crippen molar-refractivity contribution in [2.24, 2.45) is 0 Å². The maximum atomic E-state index is 10.9. The van der Waals surface area contributed by atoms with Crippen LogP contribution in [0.2, 0.25) is 0 Å². The predicted molar refractivity (Wildman–Crippen MR) is 87.2 cm³/mol. The number of aliphatic hydroxyl groups is 1. The maximum absolute atomic E-state index is 10.9. The van der Waals surface area contributed by atoms with E-state index in [0.717, 1.165) is 18.9 Å². The Morgan fingerprint density at radius 2 is 2.00 bits per heavy atom. The van der Waals surface area contributed by atoms with Crippen LogP contribution in [0, 0.1) is 0 Å². The van der Waals surface area contributed by atoms with Crippen molar-refractivity contribution in [2.45, 2.75) is 63.8 Å². The number of piperidine rings is 1. The Hall–Kier alpha value is -0.560.